The third-order valence-corrected chi connectivity index (χ3v) is 4.83. The lowest BCUT2D eigenvalue weighted by Gasteiger charge is -2.08. The molecule has 128 valence electrons. The molecule has 0 aliphatic heterocycles. The minimum atomic E-state index is -1.12. The highest BCUT2D eigenvalue weighted by Gasteiger charge is 2.23. The minimum Gasteiger partial charge on any atom is -0.480 e. The molecule has 2 N–H and O–H groups in total. The van der Waals surface area contributed by atoms with Gasteiger partial charge in [-0.2, -0.15) is 5.10 Å². The third-order valence-electron chi connectivity index (χ3n) is 3.66. The number of hydrogen-bond donors (Lipinski definition) is 2. The first-order valence-corrected chi connectivity index (χ1v) is 8.01. The number of carboxylic acid groups (broad SMARTS) is 1. The van der Waals surface area contributed by atoms with E-state index in [-0.39, 0.29) is 10.4 Å². The molecule has 0 aliphatic rings. The van der Waals surface area contributed by atoms with Crippen LogP contribution in [0.15, 0.2) is 4.79 Å². The van der Waals surface area contributed by atoms with Crippen LogP contribution in [-0.4, -0.2) is 37.8 Å². The van der Waals surface area contributed by atoms with E-state index >= 15 is 0 Å². The molecule has 24 heavy (non-hydrogen) atoms. The number of aryl methyl sites for hydroxylation is 3. The Labute approximate surface area is 142 Å². The first-order valence-electron chi connectivity index (χ1n) is 7.19. The number of amides is 1. The summed E-state index contributed by atoms with van der Waals surface area (Å²) in [5, 5.41) is 15.8. The topological polar surface area (TPSA) is 114 Å². The van der Waals surface area contributed by atoms with E-state index in [0.29, 0.717) is 27.5 Å². The molecule has 2 heterocycles. The van der Waals surface area contributed by atoms with Gasteiger partial charge >= 0.3 is 5.97 Å². The Hall–Kier alpha value is -2.55. The first-order chi connectivity index (χ1) is 11.1. The van der Waals surface area contributed by atoms with Gasteiger partial charge in [0.2, 0.25) is 0 Å². The summed E-state index contributed by atoms with van der Waals surface area (Å²) in [7, 11) is 1.56. The van der Waals surface area contributed by atoms with Crippen LogP contribution in [0.5, 0.6) is 0 Å². The van der Waals surface area contributed by atoms with Crippen molar-refractivity contribution < 1.29 is 14.7 Å². The van der Waals surface area contributed by atoms with Gasteiger partial charge in [-0.3, -0.25) is 14.4 Å². The van der Waals surface area contributed by atoms with Crippen LogP contribution in [0.2, 0.25) is 0 Å². The van der Waals surface area contributed by atoms with E-state index < -0.39 is 17.9 Å². The average Bonchev–Trinajstić information content (AvgIpc) is 2.87. The summed E-state index contributed by atoms with van der Waals surface area (Å²) in [5.74, 6) is -1.65. The maximum atomic E-state index is 12.4. The lowest BCUT2D eigenvalue weighted by atomic mass is 10.1. The molecule has 1 atom stereocenters. The van der Waals surface area contributed by atoms with Crippen LogP contribution in [0, 0.1) is 20.8 Å². The third kappa shape index (κ3) is 3.21. The van der Waals surface area contributed by atoms with Gasteiger partial charge in [-0.05, 0) is 33.3 Å². The highest BCUT2D eigenvalue weighted by Crippen LogP contribution is 2.28. The Bertz CT molecular complexity index is 884. The van der Waals surface area contributed by atoms with Gasteiger partial charge in [0, 0.05) is 7.05 Å². The van der Waals surface area contributed by atoms with Crippen molar-refractivity contribution in [2.75, 3.05) is 0 Å². The maximum absolute atomic E-state index is 12.4. The first kappa shape index (κ1) is 17.8. The molecule has 8 nitrogen and oxygen atoms in total. The lowest BCUT2D eigenvalue weighted by Crippen LogP contribution is -2.38. The molecular formula is C15H18N4O4S. The Morgan fingerprint density at radius 2 is 1.88 bits per heavy atom. The molecular weight excluding hydrogens is 332 g/mol. The number of rotatable bonds is 4. The van der Waals surface area contributed by atoms with Crippen molar-refractivity contribution in [3.05, 3.63) is 32.2 Å². The second kappa shape index (κ2) is 6.52. The van der Waals surface area contributed by atoms with E-state index in [1.165, 1.54) is 11.6 Å². The monoisotopic (exact) mass is 350 g/mol. The molecule has 0 bridgehead atoms. The average molecular weight is 350 g/mol. The molecule has 0 unspecified atom stereocenters. The number of aromatic nitrogens is 3. The number of aliphatic carboxylic acids is 1. The molecule has 0 radical (unpaired) electrons. The van der Waals surface area contributed by atoms with Crippen molar-refractivity contribution in [3.8, 4) is 10.6 Å². The molecule has 0 spiro atoms. The number of nitrogens with one attached hydrogen (secondary N) is 1. The van der Waals surface area contributed by atoms with Gasteiger partial charge in [0.1, 0.15) is 15.9 Å². The highest BCUT2D eigenvalue weighted by atomic mass is 32.1. The Morgan fingerprint density at radius 3 is 2.46 bits per heavy atom. The SMILES string of the molecule is Cc1nc(-c2c(C)c(C)nn(C)c2=O)sc1C(=O)N[C@H](C)C(=O)O. The Balaban J connectivity index is 2.49. The van der Waals surface area contributed by atoms with Crippen molar-refractivity contribution in [3.63, 3.8) is 0 Å². The maximum Gasteiger partial charge on any atom is 0.325 e. The van der Waals surface area contributed by atoms with Gasteiger partial charge in [-0.1, -0.05) is 0 Å². The fraction of sp³-hybridized carbons (Fsp3) is 0.400. The van der Waals surface area contributed by atoms with Crippen LogP contribution < -0.4 is 10.9 Å². The highest BCUT2D eigenvalue weighted by molar-refractivity contribution is 7.17. The molecule has 0 saturated carbocycles. The van der Waals surface area contributed by atoms with E-state index in [1.54, 1.807) is 27.8 Å². The van der Waals surface area contributed by atoms with E-state index in [0.717, 1.165) is 11.3 Å². The summed E-state index contributed by atoms with van der Waals surface area (Å²) in [6, 6.07) is -1.01. The summed E-state index contributed by atoms with van der Waals surface area (Å²) in [6.45, 7) is 6.60. The van der Waals surface area contributed by atoms with Gasteiger partial charge in [0.05, 0.1) is 17.0 Å². The van der Waals surface area contributed by atoms with Gasteiger partial charge in [-0.15, -0.1) is 11.3 Å². The van der Waals surface area contributed by atoms with Crippen molar-refractivity contribution >= 4 is 23.2 Å². The molecule has 0 saturated heterocycles. The molecule has 2 aromatic rings. The van der Waals surface area contributed by atoms with Crippen LogP contribution in [0.4, 0.5) is 0 Å². The second-order valence-corrected chi connectivity index (χ2v) is 6.48. The van der Waals surface area contributed by atoms with Gasteiger partial charge < -0.3 is 10.4 Å². The standard InChI is InChI=1S/C15H18N4O4S/c1-6-7(2)18-19(5)14(21)10(6)13-17-8(3)11(24-13)12(20)16-9(4)15(22)23/h9H,1-5H3,(H,16,20)(H,22,23)/t9-/m1/s1. The van der Waals surface area contributed by atoms with Crippen LogP contribution in [0.1, 0.15) is 33.5 Å². The van der Waals surface area contributed by atoms with E-state index in [4.69, 9.17) is 5.11 Å². The van der Waals surface area contributed by atoms with Crippen molar-refractivity contribution in [1.29, 1.82) is 0 Å². The number of carbonyl (C=O) groups is 2. The number of hydrogen-bond acceptors (Lipinski definition) is 6. The smallest absolute Gasteiger partial charge is 0.325 e. The molecule has 1 amide bonds. The molecule has 0 aliphatic carbocycles. The predicted octanol–water partition coefficient (Wildman–Crippen LogP) is 1.03. The summed E-state index contributed by atoms with van der Waals surface area (Å²) in [4.78, 5) is 40.1. The molecule has 0 fully saturated rings. The summed E-state index contributed by atoms with van der Waals surface area (Å²) in [5.41, 5.74) is 1.96. The molecule has 2 aromatic heterocycles. The summed E-state index contributed by atoms with van der Waals surface area (Å²) >= 11 is 1.06. The molecule has 2 rings (SSSR count). The van der Waals surface area contributed by atoms with E-state index in [2.05, 4.69) is 15.4 Å². The fourth-order valence-corrected chi connectivity index (χ4v) is 3.20. The lowest BCUT2D eigenvalue weighted by molar-refractivity contribution is -0.138. The second-order valence-electron chi connectivity index (χ2n) is 5.48. The van der Waals surface area contributed by atoms with Gasteiger partial charge in [0.15, 0.2) is 0 Å². The van der Waals surface area contributed by atoms with Crippen molar-refractivity contribution in [2.45, 2.75) is 33.7 Å². The van der Waals surface area contributed by atoms with Crippen LogP contribution >= 0.6 is 11.3 Å². The van der Waals surface area contributed by atoms with Crippen LogP contribution in [-0.2, 0) is 11.8 Å². The predicted molar refractivity (Wildman–Crippen MR) is 89.4 cm³/mol. The fourth-order valence-electron chi connectivity index (χ4n) is 2.14. The largest absolute Gasteiger partial charge is 0.480 e. The number of nitrogens with zero attached hydrogens (tertiary/aromatic N) is 3. The molecule has 9 heteroatoms. The van der Waals surface area contributed by atoms with Crippen molar-refractivity contribution in [1.82, 2.24) is 20.1 Å². The Kier molecular flexibility index (Phi) is 4.83. The number of thiazole rings is 1. The normalized spacial score (nSPS) is 12.0. The Morgan fingerprint density at radius 1 is 1.25 bits per heavy atom. The zero-order valence-corrected chi connectivity index (χ0v) is 14.8. The minimum absolute atomic E-state index is 0.286. The van der Waals surface area contributed by atoms with Gasteiger partial charge in [-0.25, -0.2) is 9.67 Å². The summed E-state index contributed by atoms with van der Waals surface area (Å²) < 4.78 is 1.24. The van der Waals surface area contributed by atoms with Crippen LogP contribution in [0.3, 0.4) is 0 Å². The van der Waals surface area contributed by atoms with Crippen LogP contribution in [0.25, 0.3) is 10.6 Å². The van der Waals surface area contributed by atoms with Crippen molar-refractivity contribution in [2.24, 2.45) is 7.05 Å². The molecule has 0 aromatic carbocycles. The van der Waals surface area contributed by atoms with E-state index in [1.807, 2.05) is 0 Å². The van der Waals surface area contributed by atoms with Gasteiger partial charge in [0.25, 0.3) is 11.5 Å². The summed E-state index contributed by atoms with van der Waals surface area (Å²) in [6.07, 6.45) is 0. The van der Waals surface area contributed by atoms with E-state index in [9.17, 15) is 14.4 Å². The zero-order chi connectivity index (χ0) is 18.2. The zero-order valence-electron chi connectivity index (χ0n) is 14.0. The number of carboxylic acids is 1. The number of carbonyl (C=O) groups excluding carboxylic acids is 1. The quantitative estimate of drug-likeness (QED) is 0.851.